The summed E-state index contributed by atoms with van der Waals surface area (Å²) in [7, 11) is 1.96. The topological polar surface area (TPSA) is 71.6 Å². The van der Waals surface area contributed by atoms with Crippen molar-refractivity contribution in [1.82, 2.24) is 15.1 Å². The van der Waals surface area contributed by atoms with Crippen molar-refractivity contribution < 1.29 is 26.0 Å². The predicted molar refractivity (Wildman–Crippen MR) is 86.6 cm³/mol. The first-order valence-electron chi connectivity index (χ1n) is 7.46. The SMILES string of the molecule is CC=N/C(C)=C(\C)C(=O)NC1=NC2=C(CCc3c2cnn3C)[I-]1. The van der Waals surface area contributed by atoms with Crippen molar-refractivity contribution in [1.29, 1.82) is 0 Å². The number of allylic oxidation sites excluding steroid dienone is 2. The van der Waals surface area contributed by atoms with Gasteiger partial charge in [0.05, 0.1) is 0 Å². The van der Waals surface area contributed by atoms with Crippen molar-refractivity contribution >= 4 is 21.7 Å². The number of amides is 1. The number of aliphatic imine (C=N–C) groups is 2. The molecule has 0 aromatic carbocycles. The van der Waals surface area contributed by atoms with E-state index in [0.29, 0.717) is 5.57 Å². The molecular formula is C16H19IN5O-. The van der Waals surface area contributed by atoms with Gasteiger partial charge in [0.2, 0.25) is 0 Å². The molecule has 1 aromatic heterocycles. The average Bonchev–Trinajstić information content (AvgIpc) is 3.09. The fourth-order valence-electron chi connectivity index (χ4n) is 2.58. The minimum atomic E-state index is -0.389. The van der Waals surface area contributed by atoms with Gasteiger partial charge in [-0.15, -0.1) is 0 Å². The molecule has 1 N–H and O–H groups in total. The molecule has 0 bridgehead atoms. The molecule has 6 nitrogen and oxygen atoms in total. The Morgan fingerprint density at radius 1 is 1.43 bits per heavy atom. The van der Waals surface area contributed by atoms with Crippen LogP contribution in [0, 0.1) is 0 Å². The zero-order valence-electron chi connectivity index (χ0n) is 13.6. The number of hydrogen-bond acceptors (Lipinski definition) is 4. The number of nitrogens with zero attached hydrogens (tertiary/aromatic N) is 4. The molecular weight excluding hydrogens is 405 g/mol. The van der Waals surface area contributed by atoms with E-state index >= 15 is 0 Å². The third-order valence-corrected chi connectivity index (χ3v) is 6.71. The second-order valence-corrected chi connectivity index (χ2v) is 8.29. The maximum atomic E-state index is 12.3. The molecule has 7 heteroatoms. The molecule has 0 fully saturated rings. The van der Waals surface area contributed by atoms with Crippen molar-refractivity contribution in [3.8, 4) is 0 Å². The number of aryl methyl sites for hydroxylation is 1. The van der Waals surface area contributed by atoms with Gasteiger partial charge < -0.3 is 0 Å². The maximum absolute atomic E-state index is 12.3. The first kappa shape index (κ1) is 16.1. The Hall–Kier alpha value is -1.77. The van der Waals surface area contributed by atoms with Crippen LogP contribution in [0.25, 0.3) is 5.70 Å². The van der Waals surface area contributed by atoms with Crippen LogP contribution in [0.4, 0.5) is 0 Å². The normalized spacial score (nSPS) is 18.2. The molecule has 2 heterocycles. The molecule has 23 heavy (non-hydrogen) atoms. The fourth-order valence-corrected chi connectivity index (χ4v) is 5.15. The summed E-state index contributed by atoms with van der Waals surface area (Å²) >= 11 is -0.389. The van der Waals surface area contributed by atoms with E-state index in [4.69, 9.17) is 4.99 Å². The molecule has 0 saturated heterocycles. The fraction of sp³-hybridized carbons (Fsp3) is 0.375. The summed E-state index contributed by atoms with van der Waals surface area (Å²) in [6.07, 6.45) is 5.60. The number of amidine groups is 1. The van der Waals surface area contributed by atoms with Gasteiger partial charge in [-0.2, -0.15) is 0 Å². The summed E-state index contributed by atoms with van der Waals surface area (Å²) < 4.78 is 4.13. The number of aromatic nitrogens is 2. The number of hydrogen-bond donors (Lipinski definition) is 1. The van der Waals surface area contributed by atoms with Crippen LogP contribution in [0.2, 0.25) is 0 Å². The predicted octanol–water partition coefficient (Wildman–Crippen LogP) is -1.01. The summed E-state index contributed by atoms with van der Waals surface area (Å²) in [5, 5.41) is 7.30. The van der Waals surface area contributed by atoms with Gasteiger partial charge in [-0.25, -0.2) is 0 Å². The van der Waals surface area contributed by atoms with Gasteiger partial charge in [0.25, 0.3) is 0 Å². The van der Waals surface area contributed by atoms with E-state index in [0.717, 1.165) is 33.6 Å². The van der Waals surface area contributed by atoms with E-state index in [1.807, 2.05) is 31.8 Å². The van der Waals surface area contributed by atoms with Crippen molar-refractivity contribution in [2.45, 2.75) is 33.6 Å². The molecule has 0 spiro atoms. The van der Waals surface area contributed by atoms with Gasteiger partial charge in [-0.3, -0.25) is 0 Å². The molecule has 0 radical (unpaired) electrons. The van der Waals surface area contributed by atoms with Crippen LogP contribution in [0.1, 0.15) is 38.4 Å². The molecule has 1 aromatic rings. The molecule has 0 unspecified atom stereocenters. The van der Waals surface area contributed by atoms with Gasteiger partial charge in [0.1, 0.15) is 0 Å². The second kappa shape index (κ2) is 6.38. The Morgan fingerprint density at radius 2 is 2.22 bits per heavy atom. The summed E-state index contributed by atoms with van der Waals surface area (Å²) in [4.78, 5) is 21.2. The minimum absolute atomic E-state index is 0.113. The number of rotatable bonds is 2. The third-order valence-electron chi connectivity index (χ3n) is 3.99. The third kappa shape index (κ3) is 3.01. The van der Waals surface area contributed by atoms with E-state index in [1.165, 1.54) is 9.27 Å². The molecule has 2 aliphatic rings. The monoisotopic (exact) mass is 424 g/mol. The number of nitrogens with one attached hydrogen (secondary N) is 1. The number of carbonyl (C=O) groups is 1. The molecule has 1 aliphatic heterocycles. The van der Waals surface area contributed by atoms with Gasteiger partial charge in [-0.1, -0.05) is 0 Å². The number of fused-ring (bicyclic) bond motifs is 2. The molecule has 0 atom stereocenters. The Kier molecular flexibility index (Phi) is 4.47. The Morgan fingerprint density at radius 3 is 2.96 bits per heavy atom. The average molecular weight is 424 g/mol. The van der Waals surface area contributed by atoms with Crippen LogP contribution in [0.15, 0.2) is 31.0 Å². The first-order valence-corrected chi connectivity index (χ1v) is 9.62. The number of carbonyl (C=O) groups excluding carboxylic acids is 1. The van der Waals surface area contributed by atoms with Gasteiger partial charge >= 0.3 is 146 Å². The van der Waals surface area contributed by atoms with E-state index in [9.17, 15) is 4.79 Å². The van der Waals surface area contributed by atoms with Crippen LogP contribution in [-0.2, 0) is 18.3 Å². The summed E-state index contributed by atoms with van der Waals surface area (Å²) in [5.74, 6) is -0.113. The van der Waals surface area contributed by atoms with Crippen LogP contribution >= 0.6 is 0 Å². The van der Waals surface area contributed by atoms with Crippen molar-refractivity contribution in [2.24, 2.45) is 17.0 Å². The first-order chi connectivity index (χ1) is 11.0. The second-order valence-electron chi connectivity index (χ2n) is 5.43. The van der Waals surface area contributed by atoms with Crippen molar-refractivity contribution in [3.63, 3.8) is 0 Å². The number of halogens is 1. The Labute approximate surface area is 145 Å². The summed E-state index contributed by atoms with van der Waals surface area (Å²) in [6.45, 7) is 5.47. The Balaban J connectivity index is 1.79. The molecule has 3 rings (SSSR count). The standard InChI is InChI=1S/C16H19IN5O/c1-5-18-10(3)9(2)15(23)21-16-17-12-6-7-13-11(14(12)20-16)8-19-22(13)4/h5,8H,6-7H2,1-4H3,(H,20,21,23)/q-1/b10-9+,18-5?. The molecule has 1 aliphatic carbocycles. The zero-order chi connectivity index (χ0) is 16.6. The molecule has 0 saturated carbocycles. The quantitative estimate of drug-likeness (QED) is 0.286. The van der Waals surface area contributed by atoms with Gasteiger partial charge in [0, 0.05) is 0 Å². The summed E-state index contributed by atoms with van der Waals surface area (Å²) in [5.41, 5.74) is 4.74. The van der Waals surface area contributed by atoms with Crippen molar-refractivity contribution in [3.05, 3.63) is 32.3 Å². The van der Waals surface area contributed by atoms with Crippen LogP contribution in [0.5, 0.6) is 0 Å². The van der Waals surface area contributed by atoms with Crippen molar-refractivity contribution in [2.75, 3.05) is 0 Å². The van der Waals surface area contributed by atoms with E-state index in [2.05, 4.69) is 15.4 Å². The van der Waals surface area contributed by atoms with E-state index in [-0.39, 0.29) is 27.1 Å². The Bertz CT molecular complexity index is 797. The molecule has 1 amide bonds. The zero-order valence-corrected chi connectivity index (χ0v) is 15.8. The van der Waals surface area contributed by atoms with E-state index in [1.54, 1.807) is 13.1 Å². The van der Waals surface area contributed by atoms with Gasteiger partial charge in [-0.05, 0) is 0 Å². The van der Waals surface area contributed by atoms with E-state index < -0.39 is 0 Å². The molecule has 122 valence electrons. The summed E-state index contributed by atoms with van der Waals surface area (Å²) in [6, 6.07) is 0. The van der Waals surface area contributed by atoms with Crippen LogP contribution < -0.4 is 26.5 Å². The van der Waals surface area contributed by atoms with Gasteiger partial charge in [0.15, 0.2) is 0 Å². The van der Waals surface area contributed by atoms with Crippen LogP contribution in [-0.4, -0.2) is 25.7 Å². The van der Waals surface area contributed by atoms with Crippen LogP contribution in [0.3, 0.4) is 0 Å².